The van der Waals surface area contributed by atoms with Gasteiger partial charge >= 0.3 is 12.0 Å². The number of carboxylic acid groups (broad SMARTS) is 1. The van der Waals surface area contributed by atoms with Crippen molar-refractivity contribution in [2.75, 3.05) is 5.32 Å². The molecule has 2 amide bonds. The number of aryl methyl sites for hydroxylation is 2. The van der Waals surface area contributed by atoms with Crippen molar-refractivity contribution in [3.05, 3.63) is 29.3 Å². The molecule has 0 heterocycles. The van der Waals surface area contributed by atoms with E-state index >= 15 is 0 Å². The van der Waals surface area contributed by atoms with E-state index in [1.807, 2.05) is 32.0 Å². The fourth-order valence-electron chi connectivity index (χ4n) is 2.21. The van der Waals surface area contributed by atoms with Crippen LogP contribution in [0.5, 0.6) is 0 Å². The summed E-state index contributed by atoms with van der Waals surface area (Å²) in [4.78, 5) is 23.3. The van der Waals surface area contributed by atoms with E-state index in [2.05, 4.69) is 10.6 Å². The van der Waals surface area contributed by atoms with Crippen molar-refractivity contribution in [1.29, 1.82) is 0 Å². The van der Waals surface area contributed by atoms with Gasteiger partial charge in [0.05, 0.1) is 0 Å². The molecule has 1 aromatic rings. The van der Waals surface area contributed by atoms with Crippen LogP contribution in [0.3, 0.4) is 0 Å². The molecule has 0 aliphatic heterocycles. The zero-order chi connectivity index (χ0) is 15.3. The van der Waals surface area contributed by atoms with Crippen LogP contribution in [-0.2, 0) is 4.79 Å². The summed E-state index contributed by atoms with van der Waals surface area (Å²) in [7, 11) is 0. The Bertz CT molecular complexity index is 488. The minimum atomic E-state index is -1.22. The lowest BCUT2D eigenvalue weighted by atomic mass is 9.93. The molecule has 0 saturated carbocycles. The third kappa shape index (κ3) is 3.73. The van der Waals surface area contributed by atoms with Crippen LogP contribution < -0.4 is 10.6 Å². The van der Waals surface area contributed by atoms with E-state index in [1.54, 1.807) is 13.8 Å². The smallest absolute Gasteiger partial charge is 0.329 e. The highest BCUT2D eigenvalue weighted by atomic mass is 16.4. The molecule has 0 spiro atoms. The summed E-state index contributed by atoms with van der Waals surface area (Å²) >= 11 is 0. The summed E-state index contributed by atoms with van der Waals surface area (Å²) in [6, 6.07) is 5.18. The number of rotatable bonds is 5. The summed E-state index contributed by atoms with van der Waals surface area (Å²) in [6.07, 6.45) is 0.665. The highest BCUT2D eigenvalue weighted by Crippen LogP contribution is 2.17. The van der Waals surface area contributed by atoms with Crippen LogP contribution in [0, 0.1) is 13.8 Å². The van der Waals surface area contributed by atoms with Crippen molar-refractivity contribution in [2.24, 2.45) is 0 Å². The van der Waals surface area contributed by atoms with Gasteiger partial charge in [-0.3, -0.25) is 0 Å². The van der Waals surface area contributed by atoms with Crippen LogP contribution >= 0.6 is 0 Å². The molecule has 0 aliphatic carbocycles. The molecular weight excluding hydrogens is 256 g/mol. The lowest BCUT2D eigenvalue weighted by Gasteiger charge is -2.28. The Kier molecular flexibility index (Phi) is 5.13. The number of hydrogen-bond donors (Lipinski definition) is 3. The maximum absolute atomic E-state index is 12.0. The molecule has 5 heteroatoms. The van der Waals surface area contributed by atoms with Crippen molar-refractivity contribution in [2.45, 2.75) is 46.1 Å². The normalized spacial score (nSPS) is 11.0. The van der Waals surface area contributed by atoms with Gasteiger partial charge in [-0.15, -0.1) is 0 Å². The number of urea groups is 1. The maximum atomic E-state index is 12.0. The van der Waals surface area contributed by atoms with Crippen molar-refractivity contribution < 1.29 is 14.7 Å². The van der Waals surface area contributed by atoms with E-state index in [4.69, 9.17) is 0 Å². The Hall–Kier alpha value is -2.04. The number of carbonyl (C=O) groups excluding carboxylic acids is 1. The fraction of sp³-hybridized carbons (Fsp3) is 0.467. The summed E-state index contributed by atoms with van der Waals surface area (Å²) < 4.78 is 0. The third-order valence-corrected chi connectivity index (χ3v) is 3.45. The Morgan fingerprint density at radius 1 is 1.10 bits per heavy atom. The summed E-state index contributed by atoms with van der Waals surface area (Å²) in [6.45, 7) is 7.37. The summed E-state index contributed by atoms with van der Waals surface area (Å²) in [5.41, 5.74) is 1.52. The highest BCUT2D eigenvalue weighted by molar-refractivity contribution is 5.94. The first-order chi connectivity index (χ1) is 9.32. The van der Waals surface area contributed by atoms with E-state index in [0.717, 1.165) is 11.1 Å². The van der Waals surface area contributed by atoms with Gasteiger partial charge in [-0.2, -0.15) is 0 Å². The van der Waals surface area contributed by atoms with E-state index in [0.29, 0.717) is 18.5 Å². The average Bonchev–Trinajstić information content (AvgIpc) is 2.34. The Balaban J connectivity index is 2.83. The third-order valence-electron chi connectivity index (χ3n) is 3.45. The molecule has 0 aromatic heterocycles. The first-order valence-corrected chi connectivity index (χ1v) is 6.74. The van der Waals surface area contributed by atoms with Gasteiger partial charge in [0.2, 0.25) is 0 Å². The highest BCUT2D eigenvalue weighted by Gasteiger charge is 2.36. The average molecular weight is 278 g/mol. The maximum Gasteiger partial charge on any atom is 0.329 e. The molecule has 3 N–H and O–H groups in total. The predicted molar refractivity (Wildman–Crippen MR) is 79.0 cm³/mol. The lowest BCUT2D eigenvalue weighted by Crippen LogP contribution is -2.54. The van der Waals surface area contributed by atoms with Crippen LogP contribution in [0.4, 0.5) is 10.5 Å². The summed E-state index contributed by atoms with van der Waals surface area (Å²) in [5, 5.41) is 14.5. The Labute approximate surface area is 119 Å². The quantitative estimate of drug-likeness (QED) is 0.774. The Morgan fingerprint density at radius 3 is 2.00 bits per heavy atom. The van der Waals surface area contributed by atoms with Crippen LogP contribution in [-0.4, -0.2) is 22.6 Å². The van der Waals surface area contributed by atoms with Gasteiger partial charge < -0.3 is 15.7 Å². The largest absolute Gasteiger partial charge is 0.480 e. The van der Waals surface area contributed by atoms with Crippen LogP contribution in [0.15, 0.2) is 18.2 Å². The molecule has 0 fully saturated rings. The van der Waals surface area contributed by atoms with Gasteiger partial charge in [0.15, 0.2) is 0 Å². The van der Waals surface area contributed by atoms with E-state index in [1.165, 1.54) is 0 Å². The van der Waals surface area contributed by atoms with Crippen molar-refractivity contribution in [1.82, 2.24) is 5.32 Å². The van der Waals surface area contributed by atoms with E-state index in [-0.39, 0.29) is 0 Å². The van der Waals surface area contributed by atoms with Crippen molar-refractivity contribution in [3.63, 3.8) is 0 Å². The van der Waals surface area contributed by atoms with Crippen LogP contribution in [0.1, 0.15) is 37.8 Å². The number of benzene rings is 1. The minimum absolute atomic E-state index is 0.332. The van der Waals surface area contributed by atoms with Crippen molar-refractivity contribution in [3.8, 4) is 0 Å². The number of aliphatic carboxylic acids is 1. The molecule has 0 bridgehead atoms. The molecule has 0 radical (unpaired) electrons. The first kappa shape index (κ1) is 16.0. The fourth-order valence-corrected chi connectivity index (χ4v) is 2.21. The first-order valence-electron chi connectivity index (χ1n) is 6.74. The number of carbonyl (C=O) groups is 2. The Morgan fingerprint density at radius 2 is 1.60 bits per heavy atom. The number of anilines is 1. The molecule has 0 atom stereocenters. The molecule has 0 aliphatic rings. The molecule has 20 heavy (non-hydrogen) atoms. The topological polar surface area (TPSA) is 78.4 Å². The van der Waals surface area contributed by atoms with E-state index in [9.17, 15) is 14.7 Å². The SMILES string of the molecule is CCC(CC)(NC(=O)Nc1cc(C)cc(C)c1)C(=O)O. The molecule has 1 rings (SSSR count). The molecule has 5 nitrogen and oxygen atoms in total. The van der Waals surface area contributed by atoms with Gasteiger partial charge in [-0.1, -0.05) is 19.9 Å². The van der Waals surface area contributed by atoms with Gasteiger partial charge in [0.1, 0.15) is 5.54 Å². The molecule has 110 valence electrons. The predicted octanol–water partition coefficient (Wildman–Crippen LogP) is 3.07. The minimum Gasteiger partial charge on any atom is -0.480 e. The standard InChI is InChI=1S/C15H22N2O3/c1-5-15(6-2,13(18)19)17-14(20)16-12-8-10(3)7-11(4)9-12/h7-9H,5-6H2,1-4H3,(H,18,19)(H2,16,17,20). The molecular formula is C15H22N2O3. The lowest BCUT2D eigenvalue weighted by molar-refractivity contribution is -0.144. The number of carboxylic acids is 1. The monoisotopic (exact) mass is 278 g/mol. The van der Waals surface area contributed by atoms with E-state index < -0.39 is 17.5 Å². The van der Waals surface area contributed by atoms with Gasteiger partial charge in [0.25, 0.3) is 0 Å². The second-order valence-corrected chi connectivity index (χ2v) is 5.05. The van der Waals surface area contributed by atoms with Crippen molar-refractivity contribution >= 4 is 17.7 Å². The van der Waals surface area contributed by atoms with Gasteiger partial charge in [-0.05, 0) is 49.9 Å². The number of amides is 2. The van der Waals surface area contributed by atoms with Crippen LogP contribution in [0.2, 0.25) is 0 Å². The second kappa shape index (κ2) is 6.41. The zero-order valence-corrected chi connectivity index (χ0v) is 12.4. The molecule has 0 unspecified atom stereocenters. The van der Waals surface area contributed by atoms with Crippen LogP contribution in [0.25, 0.3) is 0 Å². The molecule has 0 saturated heterocycles. The number of hydrogen-bond acceptors (Lipinski definition) is 2. The second-order valence-electron chi connectivity index (χ2n) is 5.05. The van der Waals surface area contributed by atoms with Gasteiger partial charge in [0, 0.05) is 5.69 Å². The number of nitrogens with one attached hydrogen (secondary N) is 2. The van der Waals surface area contributed by atoms with Gasteiger partial charge in [-0.25, -0.2) is 9.59 Å². The summed E-state index contributed by atoms with van der Waals surface area (Å²) in [5.74, 6) is -1.02. The molecule has 1 aromatic carbocycles. The zero-order valence-electron chi connectivity index (χ0n) is 12.4.